The molecule has 1 N–H and O–H groups in total. The lowest BCUT2D eigenvalue weighted by Gasteiger charge is -2.10. The zero-order valence-electron chi connectivity index (χ0n) is 16.3. The maximum atomic E-state index is 12.2. The first-order valence-electron chi connectivity index (χ1n) is 9.08. The van der Waals surface area contributed by atoms with Crippen LogP contribution in [0.1, 0.15) is 23.2 Å². The summed E-state index contributed by atoms with van der Waals surface area (Å²) in [4.78, 5) is 16.8. The van der Waals surface area contributed by atoms with Crippen molar-refractivity contribution in [3.63, 3.8) is 0 Å². The summed E-state index contributed by atoms with van der Waals surface area (Å²) in [5.41, 5.74) is 4.20. The van der Waals surface area contributed by atoms with Crippen LogP contribution in [0, 0.1) is 6.92 Å². The van der Waals surface area contributed by atoms with Gasteiger partial charge in [0.2, 0.25) is 5.91 Å². The zero-order chi connectivity index (χ0) is 19.9. The van der Waals surface area contributed by atoms with E-state index in [0.29, 0.717) is 30.9 Å². The molecule has 1 heterocycles. The number of aromatic nitrogens is 1. The van der Waals surface area contributed by atoms with Gasteiger partial charge in [-0.15, -0.1) is 11.3 Å². The van der Waals surface area contributed by atoms with E-state index in [1.54, 1.807) is 25.6 Å². The van der Waals surface area contributed by atoms with E-state index in [9.17, 15) is 4.79 Å². The van der Waals surface area contributed by atoms with Crippen molar-refractivity contribution in [1.29, 1.82) is 0 Å². The van der Waals surface area contributed by atoms with E-state index in [4.69, 9.17) is 9.47 Å². The largest absolute Gasteiger partial charge is 0.493 e. The van der Waals surface area contributed by atoms with E-state index in [2.05, 4.69) is 16.4 Å². The number of aryl methyl sites for hydroxylation is 2. The molecule has 0 aliphatic carbocycles. The molecule has 0 spiro atoms. The smallest absolute Gasteiger partial charge is 0.220 e. The summed E-state index contributed by atoms with van der Waals surface area (Å²) in [7, 11) is 3.21. The highest BCUT2D eigenvalue weighted by Gasteiger charge is 2.08. The standard InChI is InChI=1S/C22H24N2O3S/c1-15-14-28-22(24-15)18-6-4-5-17(11-18)13-23-21(25)10-8-16-7-9-19(26-2)20(12-16)27-3/h4-7,9,11-12,14H,8,10,13H2,1-3H3,(H,23,25). The van der Waals surface area contributed by atoms with Gasteiger partial charge in [0.05, 0.1) is 14.2 Å². The minimum atomic E-state index is 0.0188. The molecule has 1 amide bonds. The highest BCUT2D eigenvalue weighted by atomic mass is 32.1. The van der Waals surface area contributed by atoms with Crippen molar-refractivity contribution in [3.05, 3.63) is 64.7 Å². The van der Waals surface area contributed by atoms with Gasteiger partial charge in [0, 0.05) is 29.6 Å². The van der Waals surface area contributed by atoms with Gasteiger partial charge in [-0.1, -0.05) is 24.3 Å². The van der Waals surface area contributed by atoms with Crippen LogP contribution >= 0.6 is 11.3 Å². The van der Waals surface area contributed by atoms with E-state index in [1.807, 2.05) is 48.7 Å². The van der Waals surface area contributed by atoms with E-state index in [-0.39, 0.29) is 5.91 Å². The van der Waals surface area contributed by atoms with Crippen LogP contribution in [0.5, 0.6) is 11.5 Å². The minimum absolute atomic E-state index is 0.0188. The molecule has 28 heavy (non-hydrogen) atoms. The second-order valence-corrected chi connectivity index (χ2v) is 7.32. The van der Waals surface area contributed by atoms with Crippen LogP contribution in [0.25, 0.3) is 10.6 Å². The van der Waals surface area contributed by atoms with Crippen molar-refractivity contribution in [2.75, 3.05) is 14.2 Å². The van der Waals surface area contributed by atoms with Crippen LogP contribution in [-0.2, 0) is 17.8 Å². The van der Waals surface area contributed by atoms with Crippen molar-refractivity contribution in [2.45, 2.75) is 26.3 Å². The lowest BCUT2D eigenvalue weighted by Crippen LogP contribution is -2.23. The summed E-state index contributed by atoms with van der Waals surface area (Å²) in [6, 6.07) is 13.8. The maximum absolute atomic E-state index is 12.2. The second kappa shape index (κ2) is 9.37. The van der Waals surface area contributed by atoms with Crippen molar-refractivity contribution in [3.8, 4) is 22.1 Å². The molecule has 0 atom stereocenters. The SMILES string of the molecule is COc1ccc(CCC(=O)NCc2cccc(-c3nc(C)cs3)c2)cc1OC. The van der Waals surface area contributed by atoms with Gasteiger partial charge in [0.15, 0.2) is 11.5 Å². The quantitative estimate of drug-likeness (QED) is 0.614. The van der Waals surface area contributed by atoms with Gasteiger partial charge in [-0.2, -0.15) is 0 Å². The number of thiazole rings is 1. The first-order chi connectivity index (χ1) is 13.6. The summed E-state index contributed by atoms with van der Waals surface area (Å²) in [5.74, 6) is 1.38. The number of hydrogen-bond donors (Lipinski definition) is 1. The zero-order valence-corrected chi connectivity index (χ0v) is 17.1. The van der Waals surface area contributed by atoms with E-state index < -0.39 is 0 Å². The molecule has 0 saturated carbocycles. The van der Waals surface area contributed by atoms with Crippen molar-refractivity contribution < 1.29 is 14.3 Å². The number of rotatable bonds is 8. The average molecular weight is 397 g/mol. The Labute approximate surface area is 169 Å². The lowest BCUT2D eigenvalue weighted by atomic mass is 10.1. The fourth-order valence-corrected chi connectivity index (χ4v) is 3.68. The Morgan fingerprint density at radius 1 is 1.07 bits per heavy atom. The van der Waals surface area contributed by atoms with Gasteiger partial charge in [0.25, 0.3) is 0 Å². The van der Waals surface area contributed by atoms with Gasteiger partial charge in [-0.05, 0) is 42.7 Å². The van der Waals surface area contributed by atoms with Crippen LogP contribution in [0.3, 0.4) is 0 Å². The van der Waals surface area contributed by atoms with Gasteiger partial charge in [-0.25, -0.2) is 4.98 Å². The molecule has 5 nitrogen and oxygen atoms in total. The number of amides is 1. The second-order valence-electron chi connectivity index (χ2n) is 6.46. The molecule has 0 radical (unpaired) electrons. The Balaban J connectivity index is 1.53. The third-order valence-electron chi connectivity index (χ3n) is 4.37. The third kappa shape index (κ3) is 5.10. The Morgan fingerprint density at radius 3 is 2.61 bits per heavy atom. The first-order valence-corrected chi connectivity index (χ1v) is 9.96. The molecular formula is C22H24N2O3S. The van der Waals surface area contributed by atoms with Crippen LogP contribution in [0.4, 0.5) is 0 Å². The monoisotopic (exact) mass is 396 g/mol. The molecule has 3 rings (SSSR count). The summed E-state index contributed by atoms with van der Waals surface area (Å²) >= 11 is 1.63. The molecule has 6 heteroatoms. The molecular weight excluding hydrogens is 372 g/mol. The normalized spacial score (nSPS) is 10.5. The summed E-state index contributed by atoms with van der Waals surface area (Å²) in [6.45, 7) is 2.49. The van der Waals surface area contributed by atoms with E-state index in [0.717, 1.165) is 27.4 Å². The number of hydrogen-bond acceptors (Lipinski definition) is 5. The van der Waals surface area contributed by atoms with Gasteiger partial charge >= 0.3 is 0 Å². The maximum Gasteiger partial charge on any atom is 0.220 e. The molecule has 146 valence electrons. The molecule has 0 bridgehead atoms. The fourth-order valence-electron chi connectivity index (χ4n) is 2.88. The van der Waals surface area contributed by atoms with Crippen molar-refractivity contribution in [2.24, 2.45) is 0 Å². The number of carbonyl (C=O) groups is 1. The van der Waals surface area contributed by atoms with Crippen LogP contribution < -0.4 is 14.8 Å². The van der Waals surface area contributed by atoms with E-state index in [1.165, 1.54) is 0 Å². The minimum Gasteiger partial charge on any atom is -0.493 e. The molecule has 0 aliphatic heterocycles. The summed E-state index contributed by atoms with van der Waals surface area (Å²) < 4.78 is 10.5. The Hall–Kier alpha value is -2.86. The first kappa shape index (κ1) is 19.9. The van der Waals surface area contributed by atoms with Crippen LogP contribution in [0.2, 0.25) is 0 Å². The number of methoxy groups -OCH3 is 2. The molecule has 1 aromatic heterocycles. The fraction of sp³-hybridized carbons (Fsp3) is 0.273. The highest BCUT2D eigenvalue weighted by Crippen LogP contribution is 2.28. The van der Waals surface area contributed by atoms with Crippen molar-refractivity contribution >= 4 is 17.2 Å². The third-order valence-corrected chi connectivity index (χ3v) is 5.38. The van der Waals surface area contributed by atoms with Crippen LogP contribution in [-0.4, -0.2) is 25.1 Å². The Bertz CT molecular complexity index is 952. The summed E-state index contributed by atoms with van der Waals surface area (Å²) in [5, 5.41) is 6.03. The molecule has 0 unspecified atom stereocenters. The van der Waals surface area contributed by atoms with Crippen molar-refractivity contribution in [1.82, 2.24) is 10.3 Å². The number of nitrogens with one attached hydrogen (secondary N) is 1. The van der Waals surface area contributed by atoms with Gasteiger partial charge in [0.1, 0.15) is 5.01 Å². The number of benzene rings is 2. The van der Waals surface area contributed by atoms with E-state index >= 15 is 0 Å². The van der Waals surface area contributed by atoms with Gasteiger partial charge in [-0.3, -0.25) is 4.79 Å². The predicted molar refractivity (Wildman–Crippen MR) is 112 cm³/mol. The number of carbonyl (C=O) groups excluding carboxylic acids is 1. The average Bonchev–Trinajstić information content (AvgIpc) is 3.17. The molecule has 2 aromatic carbocycles. The number of ether oxygens (including phenoxy) is 2. The summed E-state index contributed by atoms with van der Waals surface area (Å²) in [6.07, 6.45) is 1.06. The van der Waals surface area contributed by atoms with Crippen LogP contribution in [0.15, 0.2) is 47.8 Å². The van der Waals surface area contributed by atoms with Gasteiger partial charge < -0.3 is 14.8 Å². The Kier molecular flexibility index (Phi) is 6.66. The topological polar surface area (TPSA) is 60.5 Å². The lowest BCUT2D eigenvalue weighted by molar-refractivity contribution is -0.121. The molecule has 3 aromatic rings. The Morgan fingerprint density at radius 2 is 1.89 bits per heavy atom. The predicted octanol–water partition coefficient (Wildman–Crippen LogP) is 4.38. The molecule has 0 aliphatic rings. The number of nitrogens with zero attached hydrogens (tertiary/aromatic N) is 1. The molecule has 0 saturated heterocycles. The highest BCUT2D eigenvalue weighted by molar-refractivity contribution is 7.13. The molecule has 0 fully saturated rings.